The molecule has 6 nitrogen and oxygen atoms in total. The zero-order chi connectivity index (χ0) is 15.2. The summed E-state index contributed by atoms with van der Waals surface area (Å²) in [6.45, 7) is 5.80. The van der Waals surface area contributed by atoms with Crippen molar-refractivity contribution in [3.05, 3.63) is 18.1 Å². The minimum absolute atomic E-state index is 0.0359. The van der Waals surface area contributed by atoms with Crippen LogP contribution in [0.3, 0.4) is 0 Å². The average molecular weight is 291 g/mol. The van der Waals surface area contributed by atoms with Gasteiger partial charge in [0, 0.05) is 30.9 Å². The number of amides is 1. The van der Waals surface area contributed by atoms with E-state index in [1.165, 1.54) is 0 Å². The summed E-state index contributed by atoms with van der Waals surface area (Å²) in [4.78, 5) is 22.6. The number of hydrogen-bond donors (Lipinski definition) is 2. The molecule has 0 aliphatic carbocycles. The monoisotopic (exact) mass is 291 g/mol. The molecule has 21 heavy (non-hydrogen) atoms. The molecule has 1 saturated heterocycles. The van der Waals surface area contributed by atoms with Crippen molar-refractivity contribution in [2.45, 2.75) is 51.6 Å². The molecule has 1 aliphatic heterocycles. The van der Waals surface area contributed by atoms with Crippen LogP contribution in [0.1, 0.15) is 38.8 Å². The van der Waals surface area contributed by atoms with Gasteiger partial charge in [-0.15, -0.1) is 0 Å². The zero-order valence-corrected chi connectivity index (χ0v) is 12.9. The standard InChI is InChI=1S/C15H25N5O/c1-3-11-9-14(18-10-17-11)20-7-5-12(6-8-20)19-15(21)13(16)4-2/h9-10,12-13H,3-8,16H2,1-2H3,(H,19,21)/t13-/m0/s1. The maximum atomic E-state index is 11.8. The second kappa shape index (κ2) is 7.36. The molecule has 6 heteroatoms. The highest BCUT2D eigenvalue weighted by atomic mass is 16.2. The maximum Gasteiger partial charge on any atom is 0.237 e. The van der Waals surface area contributed by atoms with Crippen LogP contribution >= 0.6 is 0 Å². The Morgan fingerprint density at radius 1 is 1.43 bits per heavy atom. The van der Waals surface area contributed by atoms with Crippen molar-refractivity contribution in [3.8, 4) is 0 Å². The van der Waals surface area contributed by atoms with Crippen LogP contribution in [0.5, 0.6) is 0 Å². The molecule has 0 saturated carbocycles. The van der Waals surface area contributed by atoms with Crippen LogP contribution < -0.4 is 16.0 Å². The molecule has 116 valence electrons. The van der Waals surface area contributed by atoms with Gasteiger partial charge in [-0.25, -0.2) is 9.97 Å². The SMILES string of the molecule is CCc1cc(N2CCC(NC(=O)[C@@H](N)CC)CC2)ncn1. The number of nitrogens with one attached hydrogen (secondary N) is 1. The fourth-order valence-electron chi connectivity index (χ4n) is 2.50. The van der Waals surface area contributed by atoms with Crippen molar-refractivity contribution in [1.82, 2.24) is 15.3 Å². The molecule has 0 aromatic carbocycles. The summed E-state index contributed by atoms with van der Waals surface area (Å²) in [5, 5.41) is 3.04. The second-order valence-electron chi connectivity index (χ2n) is 5.51. The van der Waals surface area contributed by atoms with Crippen molar-refractivity contribution in [2.24, 2.45) is 5.73 Å². The normalized spacial score (nSPS) is 17.6. The highest BCUT2D eigenvalue weighted by molar-refractivity contribution is 5.81. The van der Waals surface area contributed by atoms with Crippen LogP contribution in [0.15, 0.2) is 12.4 Å². The Labute approximate surface area is 126 Å². The van der Waals surface area contributed by atoms with Gasteiger partial charge >= 0.3 is 0 Å². The molecule has 0 unspecified atom stereocenters. The Balaban J connectivity index is 1.86. The molecule has 2 rings (SSSR count). The van der Waals surface area contributed by atoms with Crippen LogP contribution in [0.4, 0.5) is 5.82 Å². The summed E-state index contributed by atoms with van der Waals surface area (Å²) in [7, 11) is 0. The van der Waals surface area contributed by atoms with E-state index >= 15 is 0 Å². The van der Waals surface area contributed by atoms with E-state index in [1.807, 2.05) is 13.0 Å². The third kappa shape index (κ3) is 4.14. The molecule has 1 aromatic heterocycles. The molecule has 0 bridgehead atoms. The first-order chi connectivity index (χ1) is 10.1. The van der Waals surface area contributed by atoms with Crippen molar-refractivity contribution in [2.75, 3.05) is 18.0 Å². The molecule has 1 atom stereocenters. The predicted molar refractivity (Wildman–Crippen MR) is 83.1 cm³/mol. The molecule has 1 fully saturated rings. The molecule has 1 amide bonds. The van der Waals surface area contributed by atoms with E-state index in [0.717, 1.165) is 43.9 Å². The predicted octanol–water partition coefficient (Wildman–Crippen LogP) is 0.861. The van der Waals surface area contributed by atoms with E-state index in [0.29, 0.717) is 6.42 Å². The fourth-order valence-corrected chi connectivity index (χ4v) is 2.50. The van der Waals surface area contributed by atoms with Gasteiger partial charge in [-0.1, -0.05) is 13.8 Å². The van der Waals surface area contributed by atoms with Crippen molar-refractivity contribution in [1.29, 1.82) is 0 Å². The first-order valence-electron chi connectivity index (χ1n) is 7.75. The molecular formula is C15H25N5O. The van der Waals surface area contributed by atoms with Crippen LogP contribution in [0.25, 0.3) is 0 Å². The average Bonchev–Trinajstić information content (AvgIpc) is 2.54. The lowest BCUT2D eigenvalue weighted by atomic mass is 10.0. The van der Waals surface area contributed by atoms with E-state index in [4.69, 9.17) is 5.73 Å². The van der Waals surface area contributed by atoms with Crippen molar-refractivity contribution < 1.29 is 4.79 Å². The molecule has 3 N–H and O–H groups in total. The summed E-state index contributed by atoms with van der Waals surface area (Å²) >= 11 is 0. The van der Waals surface area contributed by atoms with Gasteiger partial charge in [0.25, 0.3) is 0 Å². The minimum atomic E-state index is -0.392. The lowest BCUT2D eigenvalue weighted by molar-refractivity contribution is -0.123. The first kappa shape index (κ1) is 15.7. The molecule has 0 spiro atoms. The molecular weight excluding hydrogens is 266 g/mol. The summed E-state index contributed by atoms with van der Waals surface area (Å²) in [6, 6.07) is 1.88. The first-order valence-corrected chi connectivity index (χ1v) is 7.75. The Bertz CT molecular complexity index is 471. The van der Waals surface area contributed by atoms with Crippen LogP contribution in [-0.4, -0.2) is 41.0 Å². The highest BCUT2D eigenvalue weighted by Crippen LogP contribution is 2.18. The van der Waals surface area contributed by atoms with Crippen LogP contribution in [-0.2, 0) is 11.2 Å². The maximum absolute atomic E-state index is 11.8. The number of anilines is 1. The number of rotatable bonds is 5. The summed E-state index contributed by atoms with van der Waals surface area (Å²) in [5.74, 6) is 0.947. The lowest BCUT2D eigenvalue weighted by Crippen LogP contribution is -2.49. The van der Waals surface area contributed by atoms with Gasteiger partial charge in [-0.2, -0.15) is 0 Å². The van der Waals surface area contributed by atoms with Gasteiger partial charge < -0.3 is 16.0 Å². The Hall–Kier alpha value is -1.69. The summed E-state index contributed by atoms with van der Waals surface area (Å²) in [5.41, 5.74) is 6.80. The number of nitrogens with two attached hydrogens (primary N) is 1. The van der Waals surface area contributed by atoms with E-state index < -0.39 is 6.04 Å². The number of piperidine rings is 1. The number of carbonyl (C=O) groups is 1. The topological polar surface area (TPSA) is 84.1 Å². The minimum Gasteiger partial charge on any atom is -0.356 e. The highest BCUT2D eigenvalue weighted by Gasteiger charge is 2.23. The molecule has 1 aliphatic rings. The van der Waals surface area contributed by atoms with Gasteiger partial charge in [0.2, 0.25) is 5.91 Å². The van der Waals surface area contributed by atoms with Crippen molar-refractivity contribution in [3.63, 3.8) is 0 Å². The fraction of sp³-hybridized carbons (Fsp3) is 0.667. The zero-order valence-electron chi connectivity index (χ0n) is 12.9. The largest absolute Gasteiger partial charge is 0.356 e. The summed E-state index contributed by atoms with van der Waals surface area (Å²) in [6.07, 6.45) is 5.06. The second-order valence-corrected chi connectivity index (χ2v) is 5.51. The van der Waals surface area contributed by atoms with Gasteiger partial charge in [0.1, 0.15) is 12.1 Å². The van der Waals surface area contributed by atoms with E-state index in [-0.39, 0.29) is 11.9 Å². The Morgan fingerprint density at radius 2 is 2.14 bits per heavy atom. The smallest absolute Gasteiger partial charge is 0.237 e. The Morgan fingerprint density at radius 3 is 2.76 bits per heavy atom. The van der Waals surface area contributed by atoms with E-state index in [2.05, 4.69) is 27.1 Å². The van der Waals surface area contributed by atoms with Crippen molar-refractivity contribution >= 4 is 11.7 Å². The molecule has 2 heterocycles. The van der Waals surface area contributed by atoms with E-state index in [9.17, 15) is 4.79 Å². The number of carbonyl (C=O) groups excluding carboxylic acids is 1. The van der Waals surface area contributed by atoms with Gasteiger partial charge in [0.05, 0.1) is 6.04 Å². The van der Waals surface area contributed by atoms with Gasteiger partial charge in [-0.05, 0) is 25.7 Å². The number of nitrogens with zero attached hydrogens (tertiary/aromatic N) is 3. The number of aryl methyl sites for hydroxylation is 1. The van der Waals surface area contributed by atoms with Crippen LogP contribution in [0, 0.1) is 0 Å². The number of aromatic nitrogens is 2. The van der Waals surface area contributed by atoms with E-state index in [1.54, 1.807) is 6.33 Å². The molecule has 1 aromatic rings. The Kier molecular flexibility index (Phi) is 5.50. The summed E-state index contributed by atoms with van der Waals surface area (Å²) < 4.78 is 0. The third-order valence-electron chi connectivity index (χ3n) is 4.01. The molecule has 0 radical (unpaired) electrons. The van der Waals surface area contributed by atoms with Crippen LogP contribution in [0.2, 0.25) is 0 Å². The lowest BCUT2D eigenvalue weighted by Gasteiger charge is -2.33. The quantitative estimate of drug-likeness (QED) is 0.840. The third-order valence-corrected chi connectivity index (χ3v) is 4.01. The number of hydrogen-bond acceptors (Lipinski definition) is 5. The van der Waals surface area contributed by atoms with Gasteiger partial charge in [-0.3, -0.25) is 4.79 Å². The van der Waals surface area contributed by atoms with Gasteiger partial charge in [0.15, 0.2) is 0 Å².